The molecular formula is C19H22O4. The van der Waals surface area contributed by atoms with Crippen LogP contribution >= 0.6 is 0 Å². The van der Waals surface area contributed by atoms with E-state index in [4.69, 9.17) is 14.6 Å². The van der Waals surface area contributed by atoms with Gasteiger partial charge < -0.3 is 19.7 Å². The van der Waals surface area contributed by atoms with Crippen molar-refractivity contribution in [2.75, 3.05) is 19.8 Å². The van der Waals surface area contributed by atoms with Crippen molar-refractivity contribution >= 4 is 0 Å². The number of aryl methyl sites for hydroxylation is 1. The van der Waals surface area contributed by atoms with Gasteiger partial charge in [0.2, 0.25) is 0 Å². The average Bonchev–Trinajstić information content (AvgIpc) is 3.00. The van der Waals surface area contributed by atoms with Gasteiger partial charge in [-0.15, -0.1) is 0 Å². The SMILES string of the molecule is OCCc1ccc(OCCCc2cc3c(cc2O)CCO3)cc1. The first kappa shape index (κ1) is 15.7. The van der Waals surface area contributed by atoms with Gasteiger partial charge in [0.05, 0.1) is 13.2 Å². The Kier molecular flexibility index (Phi) is 5.03. The van der Waals surface area contributed by atoms with Crippen molar-refractivity contribution in [3.63, 3.8) is 0 Å². The number of aliphatic hydroxyl groups excluding tert-OH is 1. The smallest absolute Gasteiger partial charge is 0.123 e. The molecule has 2 aromatic carbocycles. The number of ether oxygens (including phenoxy) is 2. The Balaban J connectivity index is 1.48. The van der Waals surface area contributed by atoms with Crippen LogP contribution < -0.4 is 9.47 Å². The number of aromatic hydroxyl groups is 1. The molecule has 0 saturated carbocycles. The zero-order valence-electron chi connectivity index (χ0n) is 13.1. The fraction of sp³-hybridized carbons (Fsp3) is 0.368. The van der Waals surface area contributed by atoms with Gasteiger partial charge in [-0.05, 0) is 54.7 Å². The van der Waals surface area contributed by atoms with Gasteiger partial charge in [0, 0.05) is 18.6 Å². The van der Waals surface area contributed by atoms with Crippen molar-refractivity contribution in [3.8, 4) is 17.2 Å². The predicted octanol–water partition coefficient (Wildman–Crippen LogP) is 2.87. The molecule has 4 heteroatoms. The molecule has 4 nitrogen and oxygen atoms in total. The normalized spacial score (nSPS) is 12.7. The van der Waals surface area contributed by atoms with Gasteiger partial charge in [-0.25, -0.2) is 0 Å². The molecule has 0 unspecified atom stereocenters. The van der Waals surface area contributed by atoms with E-state index in [0.717, 1.165) is 47.5 Å². The lowest BCUT2D eigenvalue weighted by atomic mass is 10.0. The van der Waals surface area contributed by atoms with Crippen LogP contribution in [-0.4, -0.2) is 30.0 Å². The molecule has 0 aromatic heterocycles. The Morgan fingerprint density at radius 3 is 2.70 bits per heavy atom. The van der Waals surface area contributed by atoms with Crippen LogP contribution in [0, 0.1) is 0 Å². The third kappa shape index (κ3) is 3.96. The summed E-state index contributed by atoms with van der Waals surface area (Å²) < 4.78 is 11.3. The summed E-state index contributed by atoms with van der Waals surface area (Å²) in [6, 6.07) is 11.5. The first-order valence-electron chi connectivity index (χ1n) is 8.06. The third-order valence-electron chi connectivity index (χ3n) is 4.07. The van der Waals surface area contributed by atoms with Gasteiger partial charge in [-0.3, -0.25) is 0 Å². The molecule has 3 rings (SSSR count). The highest BCUT2D eigenvalue weighted by atomic mass is 16.5. The van der Waals surface area contributed by atoms with Crippen LogP contribution in [0.4, 0.5) is 0 Å². The van der Waals surface area contributed by atoms with Gasteiger partial charge in [0.1, 0.15) is 17.2 Å². The van der Waals surface area contributed by atoms with E-state index in [0.29, 0.717) is 25.4 Å². The number of phenols is 1. The monoisotopic (exact) mass is 314 g/mol. The summed E-state index contributed by atoms with van der Waals surface area (Å²) in [5, 5.41) is 18.9. The summed E-state index contributed by atoms with van der Waals surface area (Å²) in [4.78, 5) is 0. The Morgan fingerprint density at radius 1 is 1.09 bits per heavy atom. The quantitative estimate of drug-likeness (QED) is 0.772. The first-order valence-corrected chi connectivity index (χ1v) is 8.06. The fourth-order valence-electron chi connectivity index (χ4n) is 2.79. The van der Waals surface area contributed by atoms with Gasteiger partial charge in [-0.1, -0.05) is 12.1 Å². The van der Waals surface area contributed by atoms with Crippen LogP contribution in [0.25, 0.3) is 0 Å². The maximum Gasteiger partial charge on any atom is 0.123 e. The van der Waals surface area contributed by atoms with E-state index in [9.17, 15) is 5.11 Å². The number of hydrogen-bond acceptors (Lipinski definition) is 4. The molecule has 0 bridgehead atoms. The molecule has 2 aromatic rings. The Bertz CT molecular complexity index is 649. The minimum atomic E-state index is 0.161. The van der Waals surface area contributed by atoms with Crippen molar-refractivity contribution in [2.45, 2.75) is 25.7 Å². The number of benzene rings is 2. The second-order valence-corrected chi connectivity index (χ2v) is 5.76. The molecule has 1 aliphatic rings. The predicted molar refractivity (Wildman–Crippen MR) is 88.4 cm³/mol. The van der Waals surface area contributed by atoms with Crippen molar-refractivity contribution < 1.29 is 19.7 Å². The summed E-state index contributed by atoms with van der Waals surface area (Å²) >= 11 is 0. The van der Waals surface area contributed by atoms with Crippen molar-refractivity contribution in [1.29, 1.82) is 0 Å². The summed E-state index contributed by atoms with van der Waals surface area (Å²) in [5.74, 6) is 2.08. The van der Waals surface area contributed by atoms with E-state index >= 15 is 0 Å². The summed E-state index contributed by atoms with van der Waals surface area (Å²) in [6.07, 6.45) is 3.12. The molecule has 0 amide bonds. The molecule has 2 N–H and O–H groups in total. The van der Waals surface area contributed by atoms with Gasteiger partial charge >= 0.3 is 0 Å². The summed E-state index contributed by atoms with van der Waals surface area (Å²) in [6.45, 7) is 1.46. The van der Waals surface area contributed by atoms with Crippen molar-refractivity contribution in [3.05, 3.63) is 53.1 Å². The van der Waals surface area contributed by atoms with Crippen molar-refractivity contribution in [2.24, 2.45) is 0 Å². The molecule has 0 saturated heterocycles. The fourth-order valence-corrected chi connectivity index (χ4v) is 2.79. The number of fused-ring (bicyclic) bond motifs is 1. The molecule has 0 spiro atoms. The Morgan fingerprint density at radius 2 is 1.91 bits per heavy atom. The minimum absolute atomic E-state index is 0.161. The maximum absolute atomic E-state index is 10.1. The topological polar surface area (TPSA) is 58.9 Å². The lowest BCUT2D eigenvalue weighted by Gasteiger charge is -2.09. The maximum atomic E-state index is 10.1. The zero-order chi connectivity index (χ0) is 16.1. The lowest BCUT2D eigenvalue weighted by molar-refractivity contribution is 0.299. The molecule has 1 heterocycles. The molecule has 0 radical (unpaired) electrons. The third-order valence-corrected chi connectivity index (χ3v) is 4.07. The number of aliphatic hydroxyl groups is 1. The van der Waals surface area contributed by atoms with E-state index in [1.54, 1.807) is 0 Å². The second-order valence-electron chi connectivity index (χ2n) is 5.76. The van der Waals surface area contributed by atoms with Crippen LogP contribution in [-0.2, 0) is 19.3 Å². The van der Waals surface area contributed by atoms with E-state index in [1.165, 1.54) is 0 Å². The van der Waals surface area contributed by atoms with Crippen LogP contribution in [0.1, 0.15) is 23.1 Å². The zero-order valence-corrected chi connectivity index (χ0v) is 13.1. The number of phenolic OH excluding ortho intramolecular Hbond substituents is 1. The van der Waals surface area contributed by atoms with E-state index < -0.39 is 0 Å². The minimum Gasteiger partial charge on any atom is -0.508 e. The van der Waals surface area contributed by atoms with Crippen LogP contribution in [0.15, 0.2) is 36.4 Å². The Labute approximate surface area is 136 Å². The highest BCUT2D eigenvalue weighted by Crippen LogP contribution is 2.32. The highest BCUT2D eigenvalue weighted by Gasteiger charge is 2.15. The standard InChI is InChI=1S/C19H22O4/c20-9-7-14-3-5-17(6-4-14)22-10-1-2-15-13-19-16(8-11-23-19)12-18(15)21/h3-6,12-13,20-21H,1-2,7-11H2. The molecule has 0 fully saturated rings. The van der Waals surface area contributed by atoms with Crippen molar-refractivity contribution in [1.82, 2.24) is 0 Å². The van der Waals surface area contributed by atoms with Gasteiger partial charge in [-0.2, -0.15) is 0 Å². The highest BCUT2D eigenvalue weighted by molar-refractivity contribution is 5.47. The van der Waals surface area contributed by atoms with Crippen LogP contribution in [0.5, 0.6) is 17.2 Å². The number of rotatable bonds is 7. The summed E-state index contributed by atoms with van der Waals surface area (Å²) in [7, 11) is 0. The van der Waals surface area contributed by atoms with E-state index in [1.807, 2.05) is 36.4 Å². The van der Waals surface area contributed by atoms with E-state index in [-0.39, 0.29) is 6.61 Å². The van der Waals surface area contributed by atoms with E-state index in [2.05, 4.69) is 0 Å². The van der Waals surface area contributed by atoms with Crippen LogP contribution in [0.3, 0.4) is 0 Å². The van der Waals surface area contributed by atoms with Gasteiger partial charge in [0.25, 0.3) is 0 Å². The first-order chi connectivity index (χ1) is 11.3. The molecule has 0 atom stereocenters. The molecule has 122 valence electrons. The summed E-state index contributed by atoms with van der Waals surface area (Å²) in [5.41, 5.74) is 3.10. The molecule has 1 aliphatic heterocycles. The number of hydrogen-bond donors (Lipinski definition) is 2. The average molecular weight is 314 g/mol. The van der Waals surface area contributed by atoms with Gasteiger partial charge in [0.15, 0.2) is 0 Å². The second kappa shape index (κ2) is 7.38. The molecular weight excluding hydrogens is 292 g/mol. The Hall–Kier alpha value is -2.20. The molecule has 23 heavy (non-hydrogen) atoms. The lowest BCUT2D eigenvalue weighted by Crippen LogP contribution is -2.00. The molecule has 0 aliphatic carbocycles. The largest absolute Gasteiger partial charge is 0.508 e. The van der Waals surface area contributed by atoms with Crippen LogP contribution in [0.2, 0.25) is 0 Å².